The Bertz CT molecular complexity index is 385. The van der Waals surface area contributed by atoms with Gasteiger partial charge in [0.25, 0.3) is 0 Å². The third kappa shape index (κ3) is 18.6. The SMILES string of the molecule is CCCCCCCCCCCCCCCCCC(=O)NC(=O)N(CCO)CCO. The summed E-state index contributed by atoms with van der Waals surface area (Å²) in [5.74, 6) is -0.287. The Morgan fingerprint density at radius 2 is 1.03 bits per heavy atom. The second-order valence-corrected chi connectivity index (χ2v) is 7.99. The molecule has 0 aliphatic heterocycles. The standard InChI is InChI=1S/C23H46N2O4/c1-2-3-4-5-6-7-8-9-10-11-12-13-14-15-16-17-22(28)24-23(29)25(18-20-26)19-21-27/h26-27H,2-21H2,1H3,(H,24,28,29). The molecular formula is C23H46N2O4. The summed E-state index contributed by atoms with van der Waals surface area (Å²) in [7, 11) is 0. The highest BCUT2D eigenvalue weighted by Crippen LogP contribution is 2.13. The molecule has 0 spiro atoms. The monoisotopic (exact) mass is 414 g/mol. The van der Waals surface area contributed by atoms with E-state index in [1.807, 2.05) is 0 Å². The zero-order chi connectivity index (χ0) is 21.6. The first-order valence-electron chi connectivity index (χ1n) is 12.0. The van der Waals surface area contributed by atoms with Crippen LogP contribution in [0.25, 0.3) is 0 Å². The number of nitrogens with zero attached hydrogens (tertiary/aromatic N) is 1. The first-order chi connectivity index (χ1) is 14.2. The van der Waals surface area contributed by atoms with E-state index in [1.165, 1.54) is 81.9 Å². The molecular weight excluding hydrogens is 368 g/mol. The van der Waals surface area contributed by atoms with E-state index in [1.54, 1.807) is 0 Å². The number of urea groups is 1. The smallest absolute Gasteiger partial charge is 0.324 e. The Labute approximate surface area is 178 Å². The lowest BCUT2D eigenvalue weighted by Gasteiger charge is -2.20. The number of aliphatic hydroxyl groups excluding tert-OH is 2. The number of imide groups is 1. The van der Waals surface area contributed by atoms with Crippen molar-refractivity contribution < 1.29 is 19.8 Å². The lowest BCUT2D eigenvalue weighted by Crippen LogP contribution is -2.45. The molecule has 0 aromatic heterocycles. The summed E-state index contributed by atoms with van der Waals surface area (Å²) in [6.45, 7) is 2.09. The minimum Gasteiger partial charge on any atom is -0.395 e. The summed E-state index contributed by atoms with van der Waals surface area (Å²) in [5, 5.41) is 20.1. The van der Waals surface area contributed by atoms with Crippen LogP contribution in [0.1, 0.15) is 110 Å². The van der Waals surface area contributed by atoms with Crippen LogP contribution in [-0.4, -0.2) is 53.4 Å². The van der Waals surface area contributed by atoms with E-state index in [0.29, 0.717) is 6.42 Å². The van der Waals surface area contributed by atoms with Crippen molar-refractivity contribution in [1.29, 1.82) is 0 Å². The first kappa shape index (κ1) is 27.9. The van der Waals surface area contributed by atoms with E-state index in [4.69, 9.17) is 10.2 Å². The highest BCUT2D eigenvalue weighted by molar-refractivity contribution is 5.94. The van der Waals surface area contributed by atoms with Gasteiger partial charge in [0.15, 0.2) is 0 Å². The zero-order valence-corrected chi connectivity index (χ0v) is 18.8. The molecule has 3 amide bonds. The van der Waals surface area contributed by atoms with Crippen molar-refractivity contribution in [3.05, 3.63) is 0 Å². The van der Waals surface area contributed by atoms with Crippen LogP contribution in [0.2, 0.25) is 0 Å². The van der Waals surface area contributed by atoms with Gasteiger partial charge in [-0.1, -0.05) is 96.8 Å². The van der Waals surface area contributed by atoms with E-state index >= 15 is 0 Å². The van der Waals surface area contributed by atoms with E-state index < -0.39 is 6.03 Å². The molecule has 0 aromatic rings. The summed E-state index contributed by atoms with van der Waals surface area (Å²) in [5.41, 5.74) is 0. The maximum Gasteiger partial charge on any atom is 0.324 e. The molecule has 0 aliphatic carbocycles. The molecule has 0 bridgehead atoms. The quantitative estimate of drug-likeness (QED) is 0.250. The van der Waals surface area contributed by atoms with Crippen LogP contribution in [0.3, 0.4) is 0 Å². The molecule has 6 heteroatoms. The molecule has 0 radical (unpaired) electrons. The van der Waals surface area contributed by atoms with Crippen molar-refractivity contribution in [2.45, 2.75) is 110 Å². The van der Waals surface area contributed by atoms with Crippen LogP contribution in [0, 0.1) is 0 Å². The van der Waals surface area contributed by atoms with Crippen molar-refractivity contribution in [3.63, 3.8) is 0 Å². The summed E-state index contributed by atoms with van der Waals surface area (Å²) in [6, 6.07) is -0.543. The van der Waals surface area contributed by atoms with E-state index in [2.05, 4.69) is 12.2 Å². The maximum atomic E-state index is 11.9. The Hall–Kier alpha value is -1.14. The number of carbonyl (C=O) groups is 2. The normalized spacial score (nSPS) is 10.9. The summed E-state index contributed by atoms with van der Waals surface area (Å²) < 4.78 is 0. The van der Waals surface area contributed by atoms with Gasteiger partial charge >= 0.3 is 6.03 Å². The number of rotatable bonds is 20. The molecule has 0 unspecified atom stereocenters. The maximum absolute atomic E-state index is 11.9. The average Bonchev–Trinajstić information content (AvgIpc) is 2.70. The molecule has 0 aliphatic rings. The molecule has 0 aromatic carbocycles. The number of hydrogen-bond donors (Lipinski definition) is 3. The van der Waals surface area contributed by atoms with Gasteiger partial charge in [-0.2, -0.15) is 0 Å². The van der Waals surface area contributed by atoms with Gasteiger partial charge in [-0.3, -0.25) is 10.1 Å². The van der Waals surface area contributed by atoms with Gasteiger partial charge in [0.1, 0.15) is 0 Å². The molecule has 172 valence electrons. The third-order valence-electron chi connectivity index (χ3n) is 5.28. The van der Waals surface area contributed by atoms with Crippen molar-refractivity contribution in [2.24, 2.45) is 0 Å². The molecule has 6 nitrogen and oxygen atoms in total. The molecule has 0 saturated heterocycles. The van der Waals surface area contributed by atoms with Crippen molar-refractivity contribution in [3.8, 4) is 0 Å². The fraction of sp³-hybridized carbons (Fsp3) is 0.913. The van der Waals surface area contributed by atoms with Gasteiger partial charge in [-0.25, -0.2) is 4.79 Å². The van der Waals surface area contributed by atoms with Gasteiger partial charge < -0.3 is 15.1 Å². The number of aliphatic hydroxyl groups is 2. The van der Waals surface area contributed by atoms with Gasteiger partial charge in [-0.05, 0) is 6.42 Å². The molecule has 29 heavy (non-hydrogen) atoms. The first-order valence-corrected chi connectivity index (χ1v) is 12.0. The molecule has 0 fully saturated rings. The predicted octanol–water partition coefficient (Wildman–Crippen LogP) is 4.77. The number of amides is 3. The van der Waals surface area contributed by atoms with E-state index in [-0.39, 0.29) is 32.2 Å². The summed E-state index contributed by atoms with van der Waals surface area (Å²) >= 11 is 0. The third-order valence-corrected chi connectivity index (χ3v) is 5.28. The highest BCUT2D eigenvalue weighted by Gasteiger charge is 2.14. The molecule has 0 rings (SSSR count). The topological polar surface area (TPSA) is 89.9 Å². The Balaban J connectivity index is 3.43. The van der Waals surface area contributed by atoms with Gasteiger partial charge in [0, 0.05) is 19.5 Å². The van der Waals surface area contributed by atoms with Crippen molar-refractivity contribution in [2.75, 3.05) is 26.3 Å². The van der Waals surface area contributed by atoms with Crippen LogP contribution in [-0.2, 0) is 4.79 Å². The summed E-state index contributed by atoms with van der Waals surface area (Å²) in [4.78, 5) is 24.9. The lowest BCUT2D eigenvalue weighted by atomic mass is 10.0. The molecule has 0 saturated carbocycles. The second-order valence-electron chi connectivity index (χ2n) is 7.99. The molecule has 0 heterocycles. The number of unbranched alkanes of at least 4 members (excludes halogenated alkanes) is 14. The van der Waals surface area contributed by atoms with Crippen molar-refractivity contribution in [1.82, 2.24) is 10.2 Å². The Morgan fingerprint density at radius 3 is 1.41 bits per heavy atom. The fourth-order valence-electron chi connectivity index (χ4n) is 3.47. The van der Waals surface area contributed by atoms with Crippen LogP contribution in [0.5, 0.6) is 0 Å². The van der Waals surface area contributed by atoms with Crippen LogP contribution < -0.4 is 5.32 Å². The van der Waals surface area contributed by atoms with Crippen LogP contribution in [0.4, 0.5) is 4.79 Å². The van der Waals surface area contributed by atoms with E-state index in [9.17, 15) is 9.59 Å². The summed E-state index contributed by atoms with van der Waals surface area (Å²) in [6.07, 6.45) is 19.5. The fourth-order valence-corrected chi connectivity index (χ4v) is 3.47. The van der Waals surface area contributed by atoms with Gasteiger partial charge in [-0.15, -0.1) is 0 Å². The Kier molecular flexibility index (Phi) is 20.7. The minimum absolute atomic E-state index is 0.110. The highest BCUT2D eigenvalue weighted by atomic mass is 16.3. The van der Waals surface area contributed by atoms with Crippen molar-refractivity contribution >= 4 is 11.9 Å². The Morgan fingerprint density at radius 1 is 0.655 bits per heavy atom. The second kappa shape index (κ2) is 21.6. The van der Waals surface area contributed by atoms with Gasteiger partial charge in [0.05, 0.1) is 13.2 Å². The largest absolute Gasteiger partial charge is 0.395 e. The molecule has 3 N–H and O–H groups in total. The average molecular weight is 415 g/mol. The van der Waals surface area contributed by atoms with Gasteiger partial charge in [0.2, 0.25) is 5.91 Å². The number of carbonyl (C=O) groups excluding carboxylic acids is 2. The lowest BCUT2D eigenvalue weighted by molar-refractivity contribution is -0.120. The van der Waals surface area contributed by atoms with Crippen LogP contribution in [0.15, 0.2) is 0 Å². The molecule has 0 atom stereocenters. The number of hydrogen-bond acceptors (Lipinski definition) is 4. The zero-order valence-electron chi connectivity index (χ0n) is 18.8. The van der Waals surface area contributed by atoms with E-state index in [0.717, 1.165) is 19.3 Å². The van der Waals surface area contributed by atoms with Crippen LogP contribution >= 0.6 is 0 Å². The predicted molar refractivity (Wildman–Crippen MR) is 119 cm³/mol. The minimum atomic E-state index is -0.543. The number of nitrogens with one attached hydrogen (secondary N) is 1.